The van der Waals surface area contributed by atoms with Crippen molar-refractivity contribution in [2.24, 2.45) is 0 Å². The highest BCUT2D eigenvalue weighted by molar-refractivity contribution is 6.30. The van der Waals surface area contributed by atoms with Crippen LogP contribution in [0.5, 0.6) is 5.75 Å². The molecule has 0 atom stereocenters. The van der Waals surface area contributed by atoms with Crippen molar-refractivity contribution >= 4 is 17.5 Å². The molecule has 1 rings (SSSR count). The fraction of sp³-hybridized carbons (Fsp3) is 0.462. The van der Waals surface area contributed by atoms with Gasteiger partial charge in [0.25, 0.3) is 5.91 Å². The third-order valence-electron chi connectivity index (χ3n) is 2.67. The second-order valence-electron chi connectivity index (χ2n) is 4.30. The molecule has 1 amide bonds. The van der Waals surface area contributed by atoms with E-state index in [0.29, 0.717) is 10.8 Å². The normalized spacial score (nSPS) is 10.5. The third-order valence-corrected chi connectivity index (χ3v) is 2.90. The number of halogens is 1. The van der Waals surface area contributed by atoms with Gasteiger partial charge in [-0.3, -0.25) is 4.79 Å². The number of likely N-dealkylation sites (N-methyl/N-ethyl adjacent to an activating group) is 1. The summed E-state index contributed by atoms with van der Waals surface area (Å²) in [6.45, 7) is 5.88. The fourth-order valence-electron chi connectivity index (χ4n) is 1.26. The lowest BCUT2D eigenvalue weighted by Gasteiger charge is -2.21. The summed E-state index contributed by atoms with van der Waals surface area (Å²) in [5, 5.41) is 0.607. The quantitative estimate of drug-likeness (QED) is 0.828. The first-order valence-electron chi connectivity index (χ1n) is 5.56. The topological polar surface area (TPSA) is 29.5 Å². The summed E-state index contributed by atoms with van der Waals surface area (Å²) in [6, 6.07) is 5.56. The van der Waals surface area contributed by atoms with Gasteiger partial charge < -0.3 is 9.64 Å². The summed E-state index contributed by atoms with van der Waals surface area (Å²) in [7, 11) is 1.77. The molecule has 0 N–H and O–H groups in total. The highest BCUT2D eigenvalue weighted by atomic mass is 35.5. The van der Waals surface area contributed by atoms with Crippen molar-refractivity contribution in [3.8, 4) is 5.75 Å². The van der Waals surface area contributed by atoms with Gasteiger partial charge in [-0.2, -0.15) is 0 Å². The largest absolute Gasteiger partial charge is 0.483 e. The van der Waals surface area contributed by atoms with Crippen molar-refractivity contribution in [3.63, 3.8) is 0 Å². The molecule has 94 valence electrons. The molecule has 0 bridgehead atoms. The SMILES string of the molecule is Cc1ccc(Cl)cc1OCC(=O)N(C)C(C)C. The highest BCUT2D eigenvalue weighted by Crippen LogP contribution is 2.22. The second-order valence-corrected chi connectivity index (χ2v) is 4.73. The van der Waals surface area contributed by atoms with E-state index < -0.39 is 0 Å². The van der Waals surface area contributed by atoms with E-state index in [0.717, 1.165) is 5.56 Å². The highest BCUT2D eigenvalue weighted by Gasteiger charge is 2.13. The zero-order valence-electron chi connectivity index (χ0n) is 10.7. The Morgan fingerprint density at radius 1 is 1.47 bits per heavy atom. The van der Waals surface area contributed by atoms with Gasteiger partial charge in [0.05, 0.1) is 0 Å². The Morgan fingerprint density at radius 2 is 2.12 bits per heavy atom. The van der Waals surface area contributed by atoms with E-state index in [1.807, 2.05) is 26.8 Å². The molecule has 0 radical (unpaired) electrons. The number of amides is 1. The van der Waals surface area contributed by atoms with Crippen LogP contribution in [0.25, 0.3) is 0 Å². The van der Waals surface area contributed by atoms with Crippen molar-refractivity contribution in [1.29, 1.82) is 0 Å². The summed E-state index contributed by atoms with van der Waals surface area (Å²) in [4.78, 5) is 13.4. The summed E-state index contributed by atoms with van der Waals surface area (Å²) < 4.78 is 5.48. The van der Waals surface area contributed by atoms with Crippen LogP contribution in [0.1, 0.15) is 19.4 Å². The van der Waals surface area contributed by atoms with E-state index in [2.05, 4.69) is 0 Å². The number of hydrogen-bond acceptors (Lipinski definition) is 2. The molecule has 1 aromatic carbocycles. The van der Waals surface area contributed by atoms with Crippen LogP contribution >= 0.6 is 11.6 Å². The van der Waals surface area contributed by atoms with E-state index in [1.165, 1.54) is 0 Å². The van der Waals surface area contributed by atoms with Gasteiger partial charge in [-0.1, -0.05) is 17.7 Å². The molecule has 0 spiro atoms. The number of benzene rings is 1. The summed E-state index contributed by atoms with van der Waals surface area (Å²) in [5.74, 6) is 0.613. The minimum Gasteiger partial charge on any atom is -0.483 e. The van der Waals surface area contributed by atoms with E-state index in [4.69, 9.17) is 16.3 Å². The van der Waals surface area contributed by atoms with Gasteiger partial charge in [-0.15, -0.1) is 0 Å². The maximum Gasteiger partial charge on any atom is 0.260 e. The van der Waals surface area contributed by atoms with Crippen LogP contribution in [0.15, 0.2) is 18.2 Å². The molecule has 17 heavy (non-hydrogen) atoms. The number of aryl methyl sites for hydroxylation is 1. The lowest BCUT2D eigenvalue weighted by Crippen LogP contribution is -2.36. The maximum atomic E-state index is 11.7. The van der Waals surface area contributed by atoms with Crippen LogP contribution in [-0.4, -0.2) is 30.5 Å². The zero-order chi connectivity index (χ0) is 13.0. The fourth-order valence-corrected chi connectivity index (χ4v) is 1.42. The van der Waals surface area contributed by atoms with E-state index in [-0.39, 0.29) is 18.6 Å². The third kappa shape index (κ3) is 3.93. The van der Waals surface area contributed by atoms with Crippen LogP contribution in [0.4, 0.5) is 0 Å². The summed E-state index contributed by atoms with van der Waals surface area (Å²) in [5.41, 5.74) is 0.967. The zero-order valence-corrected chi connectivity index (χ0v) is 11.4. The van der Waals surface area contributed by atoms with Gasteiger partial charge in [0.1, 0.15) is 5.75 Å². The number of rotatable bonds is 4. The van der Waals surface area contributed by atoms with Gasteiger partial charge in [0.15, 0.2) is 6.61 Å². The molecule has 0 aliphatic rings. The second kappa shape index (κ2) is 5.92. The number of carbonyl (C=O) groups excluding carboxylic acids is 1. The van der Waals surface area contributed by atoms with Gasteiger partial charge in [0.2, 0.25) is 0 Å². The minimum absolute atomic E-state index is 0.0376. The first-order valence-corrected chi connectivity index (χ1v) is 5.94. The maximum absolute atomic E-state index is 11.7. The van der Waals surface area contributed by atoms with Crippen molar-refractivity contribution in [2.75, 3.05) is 13.7 Å². The smallest absolute Gasteiger partial charge is 0.260 e. The minimum atomic E-state index is -0.0422. The molecular weight excluding hydrogens is 238 g/mol. The standard InChI is InChI=1S/C13H18ClNO2/c1-9(2)15(4)13(16)8-17-12-7-11(14)6-5-10(12)3/h5-7,9H,8H2,1-4H3. The van der Waals surface area contributed by atoms with E-state index in [9.17, 15) is 4.79 Å². The predicted molar refractivity (Wildman–Crippen MR) is 69.6 cm³/mol. The van der Waals surface area contributed by atoms with Gasteiger partial charge in [0, 0.05) is 18.1 Å². The lowest BCUT2D eigenvalue weighted by molar-refractivity contribution is -0.133. The van der Waals surface area contributed by atoms with Crippen LogP contribution < -0.4 is 4.74 Å². The molecule has 0 heterocycles. The molecule has 0 aliphatic heterocycles. The Kier molecular flexibility index (Phi) is 4.82. The molecule has 0 saturated carbocycles. The van der Waals surface area contributed by atoms with Crippen molar-refractivity contribution in [2.45, 2.75) is 26.8 Å². The summed E-state index contributed by atoms with van der Waals surface area (Å²) in [6.07, 6.45) is 0. The Bertz CT molecular complexity index is 404. The Morgan fingerprint density at radius 3 is 2.71 bits per heavy atom. The summed E-state index contributed by atoms with van der Waals surface area (Å²) >= 11 is 5.87. The number of ether oxygens (including phenoxy) is 1. The van der Waals surface area contributed by atoms with Crippen molar-refractivity contribution in [1.82, 2.24) is 4.90 Å². The lowest BCUT2D eigenvalue weighted by atomic mass is 10.2. The monoisotopic (exact) mass is 255 g/mol. The van der Waals surface area contributed by atoms with Crippen molar-refractivity contribution in [3.05, 3.63) is 28.8 Å². The Hall–Kier alpha value is -1.22. The molecular formula is C13H18ClNO2. The molecule has 0 aliphatic carbocycles. The van der Waals surface area contributed by atoms with Gasteiger partial charge in [-0.25, -0.2) is 0 Å². The molecule has 0 saturated heterocycles. The number of carbonyl (C=O) groups is 1. The first-order chi connectivity index (χ1) is 7.91. The molecule has 1 aromatic rings. The number of hydrogen-bond donors (Lipinski definition) is 0. The van der Waals surface area contributed by atoms with Crippen LogP contribution in [0.2, 0.25) is 5.02 Å². The molecule has 0 unspecified atom stereocenters. The van der Waals surface area contributed by atoms with Crippen LogP contribution in [-0.2, 0) is 4.79 Å². The van der Waals surface area contributed by atoms with Crippen LogP contribution in [0.3, 0.4) is 0 Å². The average molecular weight is 256 g/mol. The molecule has 0 fully saturated rings. The van der Waals surface area contributed by atoms with E-state index >= 15 is 0 Å². The molecule has 4 heteroatoms. The predicted octanol–water partition coefficient (Wildman–Crippen LogP) is 2.89. The molecule has 0 aromatic heterocycles. The first kappa shape index (κ1) is 13.8. The van der Waals surface area contributed by atoms with E-state index in [1.54, 1.807) is 24.1 Å². The van der Waals surface area contributed by atoms with Crippen LogP contribution in [0, 0.1) is 6.92 Å². The van der Waals surface area contributed by atoms with Gasteiger partial charge in [-0.05, 0) is 38.5 Å². The Labute approximate surface area is 107 Å². The van der Waals surface area contributed by atoms with Crippen molar-refractivity contribution < 1.29 is 9.53 Å². The number of nitrogens with zero attached hydrogens (tertiary/aromatic N) is 1. The van der Waals surface area contributed by atoms with Gasteiger partial charge >= 0.3 is 0 Å². The molecule has 3 nitrogen and oxygen atoms in total. The average Bonchev–Trinajstić information content (AvgIpc) is 2.28. The Balaban J connectivity index is 2.61.